The van der Waals surface area contributed by atoms with E-state index in [0.29, 0.717) is 18.1 Å². The predicted octanol–water partition coefficient (Wildman–Crippen LogP) is 4.07. The van der Waals surface area contributed by atoms with Gasteiger partial charge < -0.3 is 0 Å². The molecule has 4 heteroatoms. The van der Waals surface area contributed by atoms with Gasteiger partial charge in [0.1, 0.15) is 0 Å². The van der Waals surface area contributed by atoms with Crippen molar-refractivity contribution in [2.75, 3.05) is 28.2 Å². The summed E-state index contributed by atoms with van der Waals surface area (Å²) in [7, 11) is 8.67. The lowest BCUT2D eigenvalue weighted by Crippen LogP contribution is -2.55. The molecule has 2 aromatic rings. The SMILES string of the molecule is C/C=C/C[C@@H](NN(C)C)C1N(C)[C@@H](c2ccccc2)[C@H](c2ccccc2)N1C. The summed E-state index contributed by atoms with van der Waals surface area (Å²) in [6.07, 6.45) is 5.66. The molecule has 2 aromatic carbocycles. The minimum Gasteiger partial charge on any atom is -0.281 e. The standard InChI is InChI=1S/C24H34N4/c1-6-7-18-21(25-26(2)3)24-27(4)22(19-14-10-8-11-15-19)23(28(24)5)20-16-12-9-13-17-20/h6-17,21-25H,18H2,1-5H3/b7-6+/t21-,22+,23+/m1/s1. The van der Waals surface area contributed by atoms with E-state index in [-0.39, 0.29) is 6.17 Å². The molecule has 150 valence electrons. The Labute approximate surface area is 170 Å². The smallest absolute Gasteiger partial charge is 0.0804 e. The minimum absolute atomic E-state index is 0.272. The van der Waals surface area contributed by atoms with E-state index in [2.05, 4.69) is 128 Å². The second-order valence-electron chi connectivity index (χ2n) is 7.89. The average molecular weight is 379 g/mol. The molecule has 0 saturated carbocycles. The van der Waals surface area contributed by atoms with Gasteiger partial charge in [0.25, 0.3) is 0 Å². The Morgan fingerprint density at radius 2 is 1.36 bits per heavy atom. The van der Waals surface area contributed by atoms with Gasteiger partial charge in [0, 0.05) is 14.1 Å². The number of likely N-dealkylation sites (N-methyl/N-ethyl adjacent to an activating group) is 2. The highest BCUT2D eigenvalue weighted by Crippen LogP contribution is 2.46. The van der Waals surface area contributed by atoms with Crippen LogP contribution in [0.25, 0.3) is 0 Å². The summed E-state index contributed by atoms with van der Waals surface area (Å²) in [6.45, 7) is 2.09. The summed E-state index contributed by atoms with van der Waals surface area (Å²) in [6, 6.07) is 22.7. The van der Waals surface area contributed by atoms with Gasteiger partial charge in [0.2, 0.25) is 0 Å². The fraction of sp³-hybridized carbons (Fsp3) is 0.417. The molecule has 1 heterocycles. The summed E-state index contributed by atoms with van der Waals surface area (Å²) in [4.78, 5) is 5.08. The third kappa shape index (κ3) is 4.36. The minimum atomic E-state index is 0.272. The Morgan fingerprint density at radius 1 is 0.893 bits per heavy atom. The number of allylic oxidation sites excluding steroid dienone is 1. The van der Waals surface area contributed by atoms with Gasteiger partial charge in [0.15, 0.2) is 0 Å². The lowest BCUT2D eigenvalue weighted by molar-refractivity contribution is 0.0802. The molecule has 0 aromatic heterocycles. The molecule has 0 aliphatic carbocycles. The second-order valence-corrected chi connectivity index (χ2v) is 7.89. The number of hydrogen-bond donors (Lipinski definition) is 1. The normalized spacial score (nSPS) is 23.1. The summed E-state index contributed by atoms with van der Waals surface area (Å²) in [5, 5.41) is 2.07. The van der Waals surface area contributed by atoms with Crippen LogP contribution in [0.4, 0.5) is 0 Å². The van der Waals surface area contributed by atoms with Crippen molar-refractivity contribution in [3.8, 4) is 0 Å². The molecular formula is C24H34N4. The molecule has 1 fully saturated rings. The third-order valence-electron chi connectivity index (χ3n) is 5.70. The number of rotatable bonds is 7. The van der Waals surface area contributed by atoms with Crippen molar-refractivity contribution in [3.05, 3.63) is 83.9 Å². The molecule has 1 saturated heterocycles. The van der Waals surface area contributed by atoms with Crippen LogP contribution in [0.5, 0.6) is 0 Å². The average Bonchev–Trinajstić information content (AvgIpc) is 2.96. The van der Waals surface area contributed by atoms with E-state index >= 15 is 0 Å². The van der Waals surface area contributed by atoms with Gasteiger partial charge >= 0.3 is 0 Å². The lowest BCUT2D eigenvalue weighted by Gasteiger charge is -2.36. The highest BCUT2D eigenvalue weighted by atomic mass is 15.5. The maximum atomic E-state index is 3.66. The third-order valence-corrected chi connectivity index (χ3v) is 5.70. The highest BCUT2D eigenvalue weighted by molar-refractivity contribution is 5.30. The first-order valence-corrected chi connectivity index (χ1v) is 10.1. The van der Waals surface area contributed by atoms with Crippen molar-refractivity contribution >= 4 is 0 Å². The van der Waals surface area contributed by atoms with Gasteiger partial charge in [0.05, 0.1) is 24.3 Å². The lowest BCUT2D eigenvalue weighted by atomic mass is 9.93. The van der Waals surface area contributed by atoms with E-state index in [1.807, 2.05) is 0 Å². The number of hydrogen-bond acceptors (Lipinski definition) is 4. The van der Waals surface area contributed by atoms with Crippen molar-refractivity contribution in [2.24, 2.45) is 0 Å². The summed E-state index contributed by atoms with van der Waals surface area (Å²) >= 11 is 0. The molecule has 3 atom stereocenters. The van der Waals surface area contributed by atoms with E-state index in [4.69, 9.17) is 0 Å². The summed E-state index contributed by atoms with van der Waals surface area (Å²) < 4.78 is 0. The van der Waals surface area contributed by atoms with Crippen molar-refractivity contribution in [1.29, 1.82) is 0 Å². The Balaban J connectivity index is 2.02. The maximum Gasteiger partial charge on any atom is 0.0804 e. The second kappa shape index (κ2) is 9.48. The van der Waals surface area contributed by atoms with E-state index in [1.165, 1.54) is 11.1 Å². The molecule has 0 bridgehead atoms. The van der Waals surface area contributed by atoms with Crippen LogP contribution >= 0.6 is 0 Å². The number of nitrogens with zero attached hydrogens (tertiary/aromatic N) is 3. The van der Waals surface area contributed by atoms with Crippen molar-refractivity contribution in [2.45, 2.75) is 37.6 Å². The maximum absolute atomic E-state index is 3.66. The Hall–Kier alpha value is -1.98. The molecule has 3 rings (SSSR count). The van der Waals surface area contributed by atoms with Crippen LogP contribution in [0, 0.1) is 0 Å². The molecule has 0 radical (unpaired) electrons. The van der Waals surface area contributed by atoms with E-state index in [1.54, 1.807) is 0 Å². The molecule has 1 aliphatic rings. The van der Waals surface area contributed by atoms with Crippen molar-refractivity contribution in [1.82, 2.24) is 20.2 Å². The Bertz CT molecular complexity index is 692. The molecule has 0 amide bonds. The number of hydrazine groups is 1. The molecular weight excluding hydrogens is 344 g/mol. The molecule has 1 aliphatic heterocycles. The van der Waals surface area contributed by atoms with Crippen LogP contribution in [-0.2, 0) is 0 Å². The van der Waals surface area contributed by atoms with Gasteiger partial charge in [-0.2, -0.15) is 0 Å². The first-order chi connectivity index (χ1) is 13.5. The number of benzene rings is 2. The largest absolute Gasteiger partial charge is 0.281 e. The van der Waals surface area contributed by atoms with Gasteiger partial charge in [-0.1, -0.05) is 72.8 Å². The first kappa shape index (κ1) is 20.7. The van der Waals surface area contributed by atoms with Crippen molar-refractivity contribution in [3.63, 3.8) is 0 Å². The van der Waals surface area contributed by atoms with E-state index in [9.17, 15) is 0 Å². The van der Waals surface area contributed by atoms with Gasteiger partial charge in [-0.25, -0.2) is 5.43 Å². The monoisotopic (exact) mass is 378 g/mol. The van der Waals surface area contributed by atoms with Gasteiger partial charge in [-0.15, -0.1) is 0 Å². The van der Waals surface area contributed by atoms with Crippen LogP contribution in [0.2, 0.25) is 0 Å². The molecule has 0 unspecified atom stereocenters. The van der Waals surface area contributed by atoms with Crippen LogP contribution in [0.1, 0.15) is 36.6 Å². The zero-order valence-corrected chi connectivity index (χ0v) is 17.8. The summed E-state index contributed by atoms with van der Waals surface area (Å²) in [5.74, 6) is 0. The molecule has 4 nitrogen and oxygen atoms in total. The Kier molecular flexibility index (Phi) is 7.03. The van der Waals surface area contributed by atoms with Gasteiger partial charge in [-0.3, -0.25) is 14.8 Å². The topological polar surface area (TPSA) is 21.8 Å². The van der Waals surface area contributed by atoms with E-state index in [0.717, 1.165) is 6.42 Å². The van der Waals surface area contributed by atoms with E-state index < -0.39 is 0 Å². The predicted molar refractivity (Wildman–Crippen MR) is 118 cm³/mol. The van der Waals surface area contributed by atoms with Crippen LogP contribution in [0.3, 0.4) is 0 Å². The quantitative estimate of drug-likeness (QED) is 0.579. The fourth-order valence-electron chi connectivity index (χ4n) is 4.62. The van der Waals surface area contributed by atoms with Crippen LogP contribution < -0.4 is 5.43 Å². The first-order valence-electron chi connectivity index (χ1n) is 10.1. The molecule has 1 N–H and O–H groups in total. The number of nitrogens with one attached hydrogen (secondary N) is 1. The summed E-state index contributed by atoms with van der Waals surface area (Å²) in [5.41, 5.74) is 6.39. The molecule has 0 spiro atoms. The zero-order chi connectivity index (χ0) is 20.1. The Morgan fingerprint density at radius 3 is 1.75 bits per heavy atom. The fourth-order valence-corrected chi connectivity index (χ4v) is 4.62. The van der Waals surface area contributed by atoms with Gasteiger partial charge in [-0.05, 0) is 38.6 Å². The molecule has 28 heavy (non-hydrogen) atoms. The van der Waals surface area contributed by atoms with Crippen LogP contribution in [0.15, 0.2) is 72.8 Å². The zero-order valence-electron chi connectivity index (χ0n) is 17.8. The van der Waals surface area contributed by atoms with Crippen molar-refractivity contribution < 1.29 is 0 Å². The highest BCUT2D eigenvalue weighted by Gasteiger charge is 2.47. The van der Waals surface area contributed by atoms with Crippen LogP contribution in [-0.4, -0.2) is 55.2 Å².